The van der Waals surface area contributed by atoms with E-state index in [9.17, 15) is 14.9 Å². The molecule has 1 saturated heterocycles. The van der Waals surface area contributed by atoms with Crippen molar-refractivity contribution >= 4 is 46.0 Å². The maximum atomic E-state index is 13.0. The van der Waals surface area contributed by atoms with Crippen LogP contribution < -0.4 is 9.75 Å². The number of hydrogen-bond acceptors (Lipinski definition) is 6. The zero-order valence-corrected chi connectivity index (χ0v) is 19.0. The van der Waals surface area contributed by atoms with Crippen molar-refractivity contribution in [2.45, 2.75) is 20.5 Å². The molecule has 7 nitrogen and oxygen atoms in total. The third-order valence-corrected chi connectivity index (χ3v) is 6.22. The third-order valence-electron chi connectivity index (χ3n) is 4.94. The lowest BCUT2D eigenvalue weighted by Gasteiger charge is -2.20. The van der Waals surface area contributed by atoms with Crippen LogP contribution in [0.25, 0.3) is 6.08 Å². The van der Waals surface area contributed by atoms with Crippen molar-refractivity contribution in [3.8, 4) is 5.75 Å². The second kappa shape index (κ2) is 8.97. The second-order valence-corrected chi connectivity index (χ2v) is 8.88. The van der Waals surface area contributed by atoms with Crippen LogP contribution in [0.4, 0.5) is 5.69 Å². The fourth-order valence-electron chi connectivity index (χ4n) is 3.30. The first-order valence-electron chi connectivity index (χ1n) is 9.73. The van der Waals surface area contributed by atoms with Crippen molar-refractivity contribution in [3.63, 3.8) is 0 Å². The fourth-order valence-corrected chi connectivity index (χ4v) is 4.54. The molecule has 0 N–H and O–H groups in total. The van der Waals surface area contributed by atoms with Gasteiger partial charge in [0.25, 0.3) is 11.6 Å². The van der Waals surface area contributed by atoms with E-state index < -0.39 is 4.92 Å². The molecule has 32 heavy (non-hydrogen) atoms. The van der Waals surface area contributed by atoms with E-state index in [-0.39, 0.29) is 11.6 Å². The van der Waals surface area contributed by atoms with Gasteiger partial charge in [-0.25, -0.2) is 0 Å². The quantitative estimate of drug-likeness (QED) is 0.217. The Hall–Kier alpha value is -3.43. The largest absolute Gasteiger partial charge is 0.489 e. The molecule has 0 bridgehead atoms. The minimum absolute atomic E-state index is 0.0469. The fraction of sp³-hybridized carbons (Fsp3) is 0.130. The number of aromatic nitrogens is 1. The normalized spacial score (nSPS) is 14.9. The standard InChI is InChI=1S/C23H19N3O4S2/c1-15-3-4-16(2)24(15)25-22(27)21(32-23(25)31)13-17-7-11-20(12-8-17)30-14-18-5-9-19(10-6-18)26(28)29/h3-13H,14H2,1-2H3/b21-13+. The molecule has 0 radical (unpaired) electrons. The second-order valence-electron chi connectivity index (χ2n) is 7.20. The van der Waals surface area contributed by atoms with Gasteiger partial charge in [0.2, 0.25) is 0 Å². The van der Waals surface area contributed by atoms with Gasteiger partial charge < -0.3 is 4.74 Å². The molecule has 162 valence electrons. The Bertz CT molecular complexity index is 1210. The number of benzene rings is 2. The van der Waals surface area contributed by atoms with Gasteiger partial charge in [-0.1, -0.05) is 23.9 Å². The molecule has 9 heteroatoms. The monoisotopic (exact) mass is 465 g/mol. The number of aryl methyl sites for hydroxylation is 2. The van der Waals surface area contributed by atoms with E-state index in [1.165, 1.54) is 28.9 Å². The highest BCUT2D eigenvalue weighted by Gasteiger charge is 2.34. The number of hydrogen-bond donors (Lipinski definition) is 0. The molecule has 4 rings (SSSR count). The molecule has 3 aromatic rings. The summed E-state index contributed by atoms with van der Waals surface area (Å²) in [5, 5.41) is 12.3. The molecule has 1 fully saturated rings. The molecule has 0 unspecified atom stereocenters. The molecule has 0 spiro atoms. The number of thioether (sulfide) groups is 1. The predicted octanol–water partition coefficient (Wildman–Crippen LogP) is 5.13. The van der Waals surface area contributed by atoms with Gasteiger partial charge in [-0.3, -0.25) is 19.6 Å². The lowest BCUT2D eigenvalue weighted by molar-refractivity contribution is -0.384. The van der Waals surface area contributed by atoms with E-state index in [0.29, 0.717) is 21.6 Å². The van der Waals surface area contributed by atoms with Crippen LogP contribution in [-0.4, -0.2) is 19.8 Å². The van der Waals surface area contributed by atoms with Crippen LogP contribution in [-0.2, 0) is 11.4 Å². The lowest BCUT2D eigenvalue weighted by Crippen LogP contribution is -2.39. The number of thiocarbonyl (C=S) groups is 1. The summed E-state index contributed by atoms with van der Waals surface area (Å²) in [6.07, 6.45) is 1.81. The van der Waals surface area contributed by atoms with E-state index in [4.69, 9.17) is 17.0 Å². The summed E-state index contributed by atoms with van der Waals surface area (Å²) in [7, 11) is 0. The molecule has 2 heterocycles. The zero-order valence-electron chi connectivity index (χ0n) is 17.3. The molecular weight excluding hydrogens is 446 g/mol. The topological polar surface area (TPSA) is 77.6 Å². The Labute approximate surface area is 194 Å². The van der Waals surface area contributed by atoms with Crippen molar-refractivity contribution in [3.05, 3.63) is 98.2 Å². The Kier molecular flexibility index (Phi) is 6.11. The summed E-state index contributed by atoms with van der Waals surface area (Å²) in [5.41, 5.74) is 3.61. The molecule has 2 aromatic carbocycles. The third kappa shape index (κ3) is 4.44. The summed E-state index contributed by atoms with van der Waals surface area (Å²) in [6, 6.07) is 17.5. The number of carbonyl (C=O) groups excluding carboxylic acids is 1. The Morgan fingerprint density at radius 2 is 1.66 bits per heavy atom. The summed E-state index contributed by atoms with van der Waals surface area (Å²) in [5.74, 6) is 0.507. The van der Waals surface area contributed by atoms with Crippen molar-refractivity contribution in [1.29, 1.82) is 0 Å². The summed E-state index contributed by atoms with van der Waals surface area (Å²) < 4.78 is 8.07. The maximum Gasteiger partial charge on any atom is 0.285 e. The Morgan fingerprint density at radius 3 is 2.25 bits per heavy atom. The van der Waals surface area contributed by atoms with Crippen LogP contribution in [0.5, 0.6) is 5.75 Å². The van der Waals surface area contributed by atoms with E-state index in [1.54, 1.807) is 12.1 Å². The van der Waals surface area contributed by atoms with Crippen LogP contribution in [0.3, 0.4) is 0 Å². The molecule has 1 amide bonds. The highest BCUT2D eigenvalue weighted by atomic mass is 32.2. The summed E-state index contributed by atoms with van der Waals surface area (Å²) >= 11 is 6.73. The van der Waals surface area contributed by atoms with Crippen molar-refractivity contribution in [2.75, 3.05) is 5.01 Å². The van der Waals surface area contributed by atoms with E-state index in [0.717, 1.165) is 22.5 Å². The molecule has 1 aliphatic rings. The highest BCUT2D eigenvalue weighted by molar-refractivity contribution is 8.27. The van der Waals surface area contributed by atoms with Crippen LogP contribution in [0.1, 0.15) is 22.5 Å². The minimum Gasteiger partial charge on any atom is -0.489 e. The van der Waals surface area contributed by atoms with Crippen LogP contribution >= 0.6 is 24.0 Å². The molecule has 0 atom stereocenters. The van der Waals surface area contributed by atoms with Gasteiger partial charge in [0.05, 0.1) is 9.83 Å². The lowest BCUT2D eigenvalue weighted by atomic mass is 10.2. The number of nitro benzene ring substituents is 1. The van der Waals surface area contributed by atoms with Gasteiger partial charge in [0, 0.05) is 23.5 Å². The Morgan fingerprint density at radius 1 is 1.03 bits per heavy atom. The SMILES string of the molecule is Cc1ccc(C)n1N1C(=O)/C(=C\c2ccc(OCc3ccc([N+](=O)[O-])cc3)cc2)SC1=S. The van der Waals surface area contributed by atoms with Gasteiger partial charge in [-0.05, 0) is 79.7 Å². The van der Waals surface area contributed by atoms with Gasteiger partial charge in [0.1, 0.15) is 12.4 Å². The van der Waals surface area contributed by atoms with Crippen LogP contribution in [0, 0.1) is 24.0 Å². The van der Waals surface area contributed by atoms with Crippen LogP contribution in [0.15, 0.2) is 65.6 Å². The summed E-state index contributed by atoms with van der Waals surface area (Å²) in [6.45, 7) is 4.17. The first-order valence-corrected chi connectivity index (χ1v) is 11.0. The van der Waals surface area contributed by atoms with Crippen molar-refractivity contribution in [1.82, 2.24) is 4.68 Å². The van der Waals surface area contributed by atoms with Crippen molar-refractivity contribution < 1.29 is 14.5 Å². The molecule has 1 aliphatic heterocycles. The van der Waals surface area contributed by atoms with Gasteiger partial charge in [0.15, 0.2) is 4.32 Å². The average Bonchev–Trinajstić information content (AvgIpc) is 3.24. The van der Waals surface area contributed by atoms with Gasteiger partial charge >= 0.3 is 0 Å². The number of nitro groups is 1. The first-order chi connectivity index (χ1) is 15.3. The molecule has 0 saturated carbocycles. The van der Waals surface area contributed by atoms with E-state index >= 15 is 0 Å². The average molecular weight is 466 g/mol. The number of nitrogens with zero attached hydrogens (tertiary/aromatic N) is 3. The van der Waals surface area contributed by atoms with Gasteiger partial charge in [-0.2, -0.15) is 5.01 Å². The first kappa shape index (κ1) is 21.8. The number of carbonyl (C=O) groups is 1. The maximum absolute atomic E-state index is 13.0. The highest BCUT2D eigenvalue weighted by Crippen LogP contribution is 2.33. The molecule has 0 aliphatic carbocycles. The number of rotatable bonds is 6. The number of non-ortho nitro benzene ring substituents is 1. The van der Waals surface area contributed by atoms with E-state index in [2.05, 4.69) is 0 Å². The van der Waals surface area contributed by atoms with Crippen LogP contribution in [0.2, 0.25) is 0 Å². The molecular formula is C23H19N3O4S2. The smallest absolute Gasteiger partial charge is 0.285 e. The number of amides is 1. The zero-order chi connectivity index (χ0) is 22.8. The number of ether oxygens (including phenoxy) is 1. The minimum atomic E-state index is -0.433. The predicted molar refractivity (Wildman–Crippen MR) is 129 cm³/mol. The van der Waals surface area contributed by atoms with E-state index in [1.807, 2.05) is 61.0 Å². The Balaban J connectivity index is 1.43. The molecule has 1 aromatic heterocycles. The summed E-state index contributed by atoms with van der Waals surface area (Å²) in [4.78, 5) is 23.8. The van der Waals surface area contributed by atoms with Gasteiger partial charge in [-0.15, -0.1) is 0 Å². The van der Waals surface area contributed by atoms with Crippen molar-refractivity contribution in [2.24, 2.45) is 0 Å².